The van der Waals surface area contributed by atoms with Gasteiger partial charge in [0.2, 0.25) is 5.91 Å². The number of hydrogen-bond donors (Lipinski definition) is 1. The van der Waals surface area contributed by atoms with E-state index in [4.69, 9.17) is 4.74 Å². The lowest BCUT2D eigenvalue weighted by Gasteiger charge is -2.35. The minimum Gasteiger partial charge on any atom is -0.494 e. The van der Waals surface area contributed by atoms with Gasteiger partial charge in [0.25, 0.3) is 0 Å². The van der Waals surface area contributed by atoms with Gasteiger partial charge in [0.05, 0.1) is 13.7 Å². The maximum absolute atomic E-state index is 13.8. The first-order chi connectivity index (χ1) is 13.0. The van der Waals surface area contributed by atoms with Gasteiger partial charge in [0.15, 0.2) is 11.6 Å². The van der Waals surface area contributed by atoms with E-state index in [9.17, 15) is 9.18 Å². The molecule has 0 unspecified atom stereocenters. The van der Waals surface area contributed by atoms with E-state index in [0.717, 1.165) is 44.7 Å². The lowest BCUT2D eigenvalue weighted by Crippen LogP contribution is -2.51. The van der Waals surface area contributed by atoms with Gasteiger partial charge in [-0.05, 0) is 36.5 Å². The lowest BCUT2D eigenvalue weighted by atomic mass is 9.86. The third-order valence-corrected chi connectivity index (χ3v) is 5.91. The number of methoxy groups -OCH3 is 1. The van der Waals surface area contributed by atoms with Crippen LogP contribution in [0.5, 0.6) is 5.75 Å². The first-order valence-electron chi connectivity index (χ1n) is 10.1. The van der Waals surface area contributed by atoms with Crippen molar-refractivity contribution in [3.8, 4) is 5.75 Å². The van der Waals surface area contributed by atoms with Crippen LogP contribution in [0.4, 0.5) is 4.39 Å². The number of carbonyl (C=O) groups is 1. The van der Waals surface area contributed by atoms with Crippen molar-refractivity contribution in [3.63, 3.8) is 0 Å². The molecule has 0 spiro atoms. The van der Waals surface area contributed by atoms with E-state index in [2.05, 4.69) is 22.0 Å². The van der Waals surface area contributed by atoms with Crippen LogP contribution < -0.4 is 10.1 Å². The number of carbonyl (C=O) groups excluding carboxylic acids is 1. The molecule has 27 heavy (non-hydrogen) atoms. The van der Waals surface area contributed by atoms with E-state index in [0.29, 0.717) is 18.5 Å². The zero-order chi connectivity index (χ0) is 19.2. The summed E-state index contributed by atoms with van der Waals surface area (Å²) < 4.78 is 18.8. The third kappa shape index (κ3) is 5.66. The van der Waals surface area contributed by atoms with Gasteiger partial charge in [0.1, 0.15) is 0 Å². The van der Waals surface area contributed by atoms with Crippen LogP contribution in [-0.2, 0) is 11.3 Å². The Balaban J connectivity index is 1.40. The van der Waals surface area contributed by atoms with Crippen LogP contribution in [0.1, 0.15) is 38.2 Å². The molecule has 1 aliphatic heterocycles. The minimum absolute atomic E-state index is 0.152. The largest absolute Gasteiger partial charge is 0.494 e. The zero-order valence-electron chi connectivity index (χ0n) is 16.5. The van der Waals surface area contributed by atoms with Crippen LogP contribution in [0.15, 0.2) is 18.2 Å². The van der Waals surface area contributed by atoms with Gasteiger partial charge < -0.3 is 10.1 Å². The summed E-state index contributed by atoms with van der Waals surface area (Å²) in [5.41, 5.74) is 0.950. The Morgan fingerprint density at radius 2 is 1.89 bits per heavy atom. The second-order valence-electron chi connectivity index (χ2n) is 7.96. The van der Waals surface area contributed by atoms with Crippen molar-refractivity contribution >= 4 is 5.91 Å². The Bertz CT molecular complexity index is 632. The van der Waals surface area contributed by atoms with Gasteiger partial charge >= 0.3 is 0 Å². The maximum atomic E-state index is 13.8. The van der Waals surface area contributed by atoms with Crippen LogP contribution in [0.2, 0.25) is 0 Å². The summed E-state index contributed by atoms with van der Waals surface area (Å²) >= 11 is 0. The Labute approximate surface area is 161 Å². The minimum atomic E-state index is -0.317. The summed E-state index contributed by atoms with van der Waals surface area (Å²) in [7, 11) is 1.47. The normalized spacial score (nSPS) is 24.6. The number of amides is 1. The van der Waals surface area contributed by atoms with Crippen molar-refractivity contribution in [2.75, 3.05) is 39.8 Å². The first-order valence-corrected chi connectivity index (χ1v) is 10.1. The van der Waals surface area contributed by atoms with E-state index in [1.54, 1.807) is 12.1 Å². The molecule has 2 aliphatic rings. The highest BCUT2D eigenvalue weighted by Gasteiger charge is 2.24. The molecular weight excluding hydrogens is 345 g/mol. The molecule has 0 radical (unpaired) electrons. The molecule has 6 heteroatoms. The molecule has 1 aromatic carbocycles. The van der Waals surface area contributed by atoms with Crippen LogP contribution in [0, 0.1) is 11.7 Å². The summed E-state index contributed by atoms with van der Waals surface area (Å²) in [5.74, 6) is 0.702. The second kappa shape index (κ2) is 9.51. The second-order valence-corrected chi connectivity index (χ2v) is 7.96. The smallest absolute Gasteiger partial charge is 0.234 e. The summed E-state index contributed by atoms with van der Waals surface area (Å²) in [6.07, 6.45) is 4.84. The van der Waals surface area contributed by atoms with Gasteiger partial charge in [-0.3, -0.25) is 14.6 Å². The Morgan fingerprint density at radius 3 is 2.56 bits per heavy atom. The number of ether oxygens (including phenoxy) is 1. The highest BCUT2D eigenvalue weighted by Crippen LogP contribution is 2.23. The summed E-state index contributed by atoms with van der Waals surface area (Å²) in [6.45, 7) is 6.96. The predicted octanol–water partition coefficient (Wildman–Crippen LogP) is 2.65. The van der Waals surface area contributed by atoms with Crippen LogP contribution >= 0.6 is 0 Å². The molecule has 1 amide bonds. The Kier molecular flexibility index (Phi) is 7.07. The topological polar surface area (TPSA) is 44.8 Å². The molecule has 0 aromatic heterocycles. The van der Waals surface area contributed by atoms with Crippen molar-refractivity contribution in [2.24, 2.45) is 5.92 Å². The molecule has 3 rings (SSSR count). The van der Waals surface area contributed by atoms with Crippen molar-refractivity contribution in [3.05, 3.63) is 29.6 Å². The fraction of sp³-hybridized carbons (Fsp3) is 0.667. The first kappa shape index (κ1) is 20.1. The van der Waals surface area contributed by atoms with E-state index in [1.165, 1.54) is 26.4 Å². The third-order valence-electron chi connectivity index (χ3n) is 5.91. The summed E-state index contributed by atoms with van der Waals surface area (Å²) in [5, 5.41) is 3.24. The lowest BCUT2D eigenvalue weighted by molar-refractivity contribution is -0.124. The standard InChI is InChI=1S/C21H32FN3O2/c1-16-5-3-4-6-19(16)23-21(26)15-25-11-9-24(10-12-25)14-17-7-8-20(27-2)18(22)13-17/h7-8,13,16,19H,3-6,9-12,14-15H2,1-2H3,(H,23,26)/t16-,19+/m0/s1. The van der Waals surface area contributed by atoms with Crippen molar-refractivity contribution < 1.29 is 13.9 Å². The van der Waals surface area contributed by atoms with Crippen LogP contribution in [0.25, 0.3) is 0 Å². The number of rotatable bonds is 6. The van der Waals surface area contributed by atoms with E-state index >= 15 is 0 Å². The number of piperazine rings is 1. The van der Waals surface area contributed by atoms with Gasteiger partial charge in [0, 0.05) is 38.8 Å². The fourth-order valence-corrected chi connectivity index (χ4v) is 4.16. The quantitative estimate of drug-likeness (QED) is 0.828. The molecule has 1 N–H and O–H groups in total. The van der Waals surface area contributed by atoms with Crippen molar-refractivity contribution in [2.45, 2.75) is 45.2 Å². The van der Waals surface area contributed by atoms with Crippen LogP contribution in [0.3, 0.4) is 0 Å². The molecule has 2 fully saturated rings. The number of benzene rings is 1. The SMILES string of the molecule is COc1ccc(CN2CCN(CC(=O)N[C@@H]3CCCC[C@@H]3C)CC2)cc1F. The summed E-state index contributed by atoms with van der Waals surface area (Å²) in [6, 6.07) is 5.48. The van der Waals surface area contributed by atoms with E-state index in [1.807, 2.05) is 6.07 Å². The average Bonchev–Trinajstić information content (AvgIpc) is 2.65. The molecular formula is C21H32FN3O2. The molecule has 1 heterocycles. The van der Waals surface area contributed by atoms with Gasteiger partial charge in [-0.15, -0.1) is 0 Å². The number of nitrogens with one attached hydrogen (secondary N) is 1. The molecule has 0 bridgehead atoms. The highest BCUT2D eigenvalue weighted by atomic mass is 19.1. The summed E-state index contributed by atoms with van der Waals surface area (Å²) in [4.78, 5) is 16.9. The maximum Gasteiger partial charge on any atom is 0.234 e. The van der Waals surface area contributed by atoms with Crippen molar-refractivity contribution in [1.82, 2.24) is 15.1 Å². The molecule has 1 saturated carbocycles. The Hall–Kier alpha value is -1.66. The number of halogens is 1. The Morgan fingerprint density at radius 1 is 1.19 bits per heavy atom. The average molecular weight is 378 g/mol. The molecule has 1 aliphatic carbocycles. The molecule has 1 aromatic rings. The fourth-order valence-electron chi connectivity index (χ4n) is 4.16. The van der Waals surface area contributed by atoms with Gasteiger partial charge in [-0.1, -0.05) is 25.8 Å². The van der Waals surface area contributed by atoms with Crippen LogP contribution in [-0.4, -0.2) is 61.6 Å². The van der Waals surface area contributed by atoms with E-state index in [-0.39, 0.29) is 17.5 Å². The van der Waals surface area contributed by atoms with Gasteiger partial charge in [-0.2, -0.15) is 0 Å². The molecule has 150 valence electrons. The monoisotopic (exact) mass is 377 g/mol. The molecule has 1 saturated heterocycles. The highest BCUT2D eigenvalue weighted by molar-refractivity contribution is 5.78. The van der Waals surface area contributed by atoms with Crippen molar-refractivity contribution in [1.29, 1.82) is 0 Å². The number of nitrogens with zero attached hydrogens (tertiary/aromatic N) is 2. The zero-order valence-corrected chi connectivity index (χ0v) is 16.5. The number of hydrogen-bond acceptors (Lipinski definition) is 4. The molecule has 2 atom stereocenters. The van der Waals surface area contributed by atoms with E-state index < -0.39 is 0 Å². The predicted molar refractivity (Wildman–Crippen MR) is 104 cm³/mol. The van der Waals surface area contributed by atoms with Gasteiger partial charge in [-0.25, -0.2) is 4.39 Å². The molecule has 5 nitrogen and oxygen atoms in total.